The van der Waals surface area contributed by atoms with E-state index in [1.54, 1.807) is 19.4 Å². The minimum absolute atomic E-state index is 0.557. The Balaban J connectivity index is 0.00000287. The van der Waals surface area contributed by atoms with Crippen LogP contribution >= 0.6 is 0 Å². The van der Waals surface area contributed by atoms with Gasteiger partial charge in [-0.05, 0) is 75.9 Å². The van der Waals surface area contributed by atoms with Crippen LogP contribution in [-0.4, -0.2) is 52.2 Å². The van der Waals surface area contributed by atoms with E-state index < -0.39 is 0 Å². The van der Waals surface area contributed by atoms with Gasteiger partial charge >= 0.3 is 0 Å². The molecule has 41 heavy (non-hydrogen) atoms. The highest BCUT2D eigenvalue weighted by Gasteiger charge is 2.13. The third-order valence-corrected chi connectivity index (χ3v) is 6.00. The molecule has 218 valence electrons. The minimum Gasteiger partial charge on any atom is -0.497 e. The molecule has 0 saturated carbocycles. The molecule has 0 amide bonds. The molecule has 0 aliphatic rings. The van der Waals surface area contributed by atoms with Crippen molar-refractivity contribution in [2.45, 2.75) is 40.7 Å². The minimum atomic E-state index is 0.557. The van der Waals surface area contributed by atoms with E-state index in [0.717, 1.165) is 52.5 Å². The summed E-state index contributed by atoms with van der Waals surface area (Å²) in [6.07, 6.45) is 12.3. The van der Waals surface area contributed by atoms with Crippen LogP contribution in [0.1, 0.15) is 38.3 Å². The normalized spacial score (nSPS) is 11.3. The lowest BCUT2D eigenvalue weighted by Gasteiger charge is -2.12. The Morgan fingerprint density at radius 3 is 2.41 bits per heavy atom. The number of rotatable bonds is 11. The molecule has 7 nitrogen and oxygen atoms in total. The summed E-state index contributed by atoms with van der Waals surface area (Å²) in [7, 11) is 7.81. The monoisotopic (exact) mass is 554 g/mol. The molecule has 2 aromatic heterocycles. The van der Waals surface area contributed by atoms with Gasteiger partial charge in [-0.3, -0.25) is 4.98 Å². The van der Waals surface area contributed by atoms with Crippen LogP contribution in [0.3, 0.4) is 0 Å². The van der Waals surface area contributed by atoms with Gasteiger partial charge in [0.05, 0.1) is 24.2 Å². The maximum Gasteiger partial charge on any atom is 0.223 e. The zero-order valence-electron chi connectivity index (χ0n) is 26.0. The summed E-state index contributed by atoms with van der Waals surface area (Å²) in [5.74, 6) is 1.36. The van der Waals surface area contributed by atoms with Crippen LogP contribution in [0.4, 0.5) is 5.95 Å². The van der Waals surface area contributed by atoms with Crippen molar-refractivity contribution in [2.24, 2.45) is 7.05 Å². The van der Waals surface area contributed by atoms with Gasteiger partial charge in [0.15, 0.2) is 0 Å². The van der Waals surface area contributed by atoms with Crippen molar-refractivity contribution < 1.29 is 4.74 Å². The summed E-state index contributed by atoms with van der Waals surface area (Å²) in [5.41, 5.74) is 6.93. The Bertz CT molecular complexity index is 1370. The van der Waals surface area contributed by atoms with Gasteiger partial charge in [0.1, 0.15) is 5.76 Å². The van der Waals surface area contributed by atoms with Crippen molar-refractivity contribution in [3.63, 3.8) is 0 Å². The second kappa shape index (κ2) is 17.5. The third-order valence-electron chi connectivity index (χ3n) is 6.00. The fraction of sp³-hybridized carbons (Fsp3) is 0.324. The fourth-order valence-corrected chi connectivity index (χ4v) is 3.93. The lowest BCUT2D eigenvalue weighted by atomic mass is 10.1. The first-order chi connectivity index (χ1) is 19.8. The average molecular weight is 555 g/mol. The summed E-state index contributed by atoms with van der Waals surface area (Å²) in [4.78, 5) is 16.4. The van der Waals surface area contributed by atoms with Crippen LogP contribution < -0.4 is 5.32 Å². The standard InChI is InChI=1S/C32H40N6O.C2H6/c1-8-24(2)22-28(39-7)10-9-18-34-32-35-20-16-29(36-32)31-30(27-13-11-25(3)12-14-27)33-19-15-26(23-37(4)5)17-21-38(31)6;1-2/h8,10-17,19-22H,1,9,18,23H2,2-7H3,(H,34,35,36);1-2H3/b21-17?,24-22-,26-15?,28-10+,31-30?,33-19?;. The Morgan fingerprint density at radius 1 is 1.05 bits per heavy atom. The number of nitrogens with zero attached hydrogens (tertiary/aromatic N) is 5. The molecule has 0 saturated heterocycles. The lowest BCUT2D eigenvalue weighted by Crippen LogP contribution is -2.10. The first-order valence-electron chi connectivity index (χ1n) is 14.0. The van der Waals surface area contributed by atoms with Crippen LogP contribution in [0.15, 0.2) is 97.2 Å². The largest absolute Gasteiger partial charge is 0.497 e. The number of ether oxygens (including phenoxy) is 1. The molecular formula is C34H46N6O. The predicted molar refractivity (Wildman–Crippen MR) is 173 cm³/mol. The van der Waals surface area contributed by atoms with E-state index in [0.29, 0.717) is 12.5 Å². The van der Waals surface area contributed by atoms with E-state index in [9.17, 15) is 0 Å². The quantitative estimate of drug-likeness (QED) is 0.150. The number of nitrogens with one attached hydrogen (secondary N) is 1. The smallest absolute Gasteiger partial charge is 0.223 e. The number of anilines is 1. The molecular weight excluding hydrogens is 508 g/mol. The highest BCUT2D eigenvalue weighted by molar-refractivity contribution is 5.76. The number of methoxy groups -OCH3 is 1. The molecule has 3 aromatic rings. The van der Waals surface area contributed by atoms with Crippen molar-refractivity contribution in [3.05, 3.63) is 108 Å². The fourth-order valence-electron chi connectivity index (χ4n) is 3.93. The van der Waals surface area contributed by atoms with Crippen LogP contribution in [0.2, 0.25) is 0 Å². The van der Waals surface area contributed by atoms with Crippen molar-refractivity contribution in [2.75, 3.05) is 33.1 Å². The predicted octanol–water partition coefficient (Wildman–Crippen LogP) is 7.53. The number of hydrogen-bond donors (Lipinski definition) is 1. The molecule has 1 N–H and O–H groups in total. The molecule has 3 rings (SSSR count). The van der Waals surface area contributed by atoms with Gasteiger partial charge in [-0.1, -0.05) is 56.3 Å². The molecule has 0 bridgehead atoms. The molecule has 0 unspecified atom stereocenters. The van der Waals surface area contributed by atoms with Gasteiger partial charge in [0.25, 0.3) is 0 Å². The summed E-state index contributed by atoms with van der Waals surface area (Å²) in [6.45, 7) is 13.3. The zero-order chi connectivity index (χ0) is 30.2. The molecule has 0 spiro atoms. The Hall–Kier alpha value is -4.23. The Kier molecular flexibility index (Phi) is 14.0. The second-order valence-corrected chi connectivity index (χ2v) is 9.63. The van der Waals surface area contributed by atoms with E-state index in [-0.39, 0.29) is 0 Å². The first kappa shape index (κ1) is 33.0. The molecule has 0 aliphatic carbocycles. The van der Waals surface area contributed by atoms with Crippen molar-refractivity contribution >= 4 is 5.95 Å². The van der Waals surface area contributed by atoms with Gasteiger partial charge in [0.2, 0.25) is 5.95 Å². The topological polar surface area (TPSA) is 68.1 Å². The molecule has 0 fully saturated rings. The first-order valence-corrected chi connectivity index (χ1v) is 14.0. The second-order valence-electron chi connectivity index (χ2n) is 9.63. The number of aryl methyl sites for hydroxylation is 2. The highest BCUT2D eigenvalue weighted by atomic mass is 16.5. The van der Waals surface area contributed by atoms with Gasteiger partial charge in [-0.15, -0.1) is 0 Å². The Morgan fingerprint density at radius 2 is 1.76 bits per heavy atom. The van der Waals surface area contributed by atoms with E-state index in [1.807, 2.05) is 52.2 Å². The van der Waals surface area contributed by atoms with Crippen molar-refractivity contribution in [3.8, 4) is 22.6 Å². The number of benzene rings is 1. The molecule has 2 heterocycles. The number of hydrogen-bond acceptors (Lipinski definition) is 6. The summed E-state index contributed by atoms with van der Waals surface area (Å²) < 4.78 is 7.53. The van der Waals surface area contributed by atoms with E-state index in [1.165, 1.54) is 5.56 Å². The molecule has 0 radical (unpaired) electrons. The molecule has 0 aliphatic heterocycles. The highest BCUT2D eigenvalue weighted by Crippen LogP contribution is 2.28. The lowest BCUT2D eigenvalue weighted by molar-refractivity contribution is 0.305. The molecule has 1 aromatic carbocycles. The molecule has 7 heteroatoms. The summed E-state index contributed by atoms with van der Waals surface area (Å²) in [6, 6.07) is 14.5. The van der Waals surface area contributed by atoms with Gasteiger partial charge in [-0.2, -0.15) is 0 Å². The van der Waals surface area contributed by atoms with Crippen molar-refractivity contribution in [1.82, 2.24) is 24.4 Å². The van der Waals surface area contributed by atoms with Gasteiger partial charge in [-0.25, -0.2) is 9.97 Å². The van der Waals surface area contributed by atoms with E-state index in [4.69, 9.17) is 14.7 Å². The number of allylic oxidation sites excluding steroid dienone is 3. The maximum atomic E-state index is 5.45. The number of aromatic nitrogens is 4. The van der Waals surface area contributed by atoms with Crippen molar-refractivity contribution in [1.29, 1.82) is 0 Å². The molecule has 0 atom stereocenters. The van der Waals surface area contributed by atoms with Crippen LogP contribution in [0.5, 0.6) is 0 Å². The third kappa shape index (κ3) is 10.7. The van der Waals surface area contributed by atoms with Crippen LogP contribution in [0.25, 0.3) is 22.6 Å². The van der Waals surface area contributed by atoms with Gasteiger partial charge < -0.3 is 19.5 Å². The van der Waals surface area contributed by atoms with E-state index in [2.05, 4.69) is 90.0 Å². The van der Waals surface area contributed by atoms with Crippen LogP contribution in [-0.2, 0) is 18.3 Å². The van der Waals surface area contributed by atoms with Crippen LogP contribution in [0, 0.1) is 6.92 Å². The SMILES string of the molecule is C=C/C(C)=C\C(=C/CCNc1nccc(-c2c(-c3ccc(C)cc3)nccc(CN(C)C)ccn2C)n1)OC.CC. The summed E-state index contributed by atoms with van der Waals surface area (Å²) in [5, 5.41) is 3.34. The van der Waals surface area contributed by atoms with Gasteiger partial charge in [0, 0.05) is 44.3 Å². The Labute approximate surface area is 246 Å². The van der Waals surface area contributed by atoms with E-state index >= 15 is 0 Å². The summed E-state index contributed by atoms with van der Waals surface area (Å²) >= 11 is 0. The maximum absolute atomic E-state index is 5.45. The zero-order valence-corrected chi connectivity index (χ0v) is 26.0. The average Bonchev–Trinajstić information content (AvgIpc) is 3.05.